The van der Waals surface area contributed by atoms with Gasteiger partial charge in [0.15, 0.2) is 12.1 Å². The smallest absolute Gasteiger partial charge is 0.388 e. The summed E-state index contributed by atoms with van der Waals surface area (Å²) in [6.45, 7) is 3.81. The fourth-order valence-electron chi connectivity index (χ4n) is 3.54. The van der Waals surface area contributed by atoms with Gasteiger partial charge < -0.3 is 5.11 Å². The van der Waals surface area contributed by atoms with Crippen molar-refractivity contribution in [2.75, 3.05) is 37.3 Å². The Morgan fingerprint density at radius 3 is 2.22 bits per heavy atom. The van der Waals surface area contributed by atoms with E-state index in [1.807, 2.05) is 0 Å². The van der Waals surface area contributed by atoms with Gasteiger partial charge in [0.25, 0.3) is 0 Å². The Hall–Kier alpha value is -3.80. The lowest BCUT2D eigenvalue weighted by atomic mass is 9.93. The molecule has 0 saturated carbocycles. The number of halogens is 4. The molecule has 0 aliphatic heterocycles. The lowest BCUT2D eigenvalue weighted by molar-refractivity contribution is -0.150. The van der Waals surface area contributed by atoms with Crippen LogP contribution < -0.4 is 10.0 Å². The van der Waals surface area contributed by atoms with Gasteiger partial charge in [-0.2, -0.15) is 23.4 Å². The van der Waals surface area contributed by atoms with Crippen LogP contribution in [0, 0.1) is 18.7 Å². The second-order valence-corrected chi connectivity index (χ2v) is 8.16. The fraction of sp³-hybridized carbons (Fsp3) is 0.360. The largest absolute Gasteiger partial charge is 0.397 e. The van der Waals surface area contributed by atoms with Crippen molar-refractivity contribution < 1.29 is 32.3 Å². The van der Waals surface area contributed by atoms with E-state index in [2.05, 4.69) is 10.2 Å². The summed E-state index contributed by atoms with van der Waals surface area (Å²) >= 11 is 0. The fourth-order valence-corrected chi connectivity index (χ4v) is 3.54. The number of hydrogen-bond acceptors (Lipinski definition) is 7. The summed E-state index contributed by atoms with van der Waals surface area (Å²) in [5, 5.41) is 20.1. The van der Waals surface area contributed by atoms with Crippen molar-refractivity contribution in [1.29, 1.82) is 0 Å². The molecule has 2 aromatic carbocycles. The zero-order valence-corrected chi connectivity index (χ0v) is 21.1. The Morgan fingerprint density at radius 1 is 1.08 bits per heavy atom. The molecule has 37 heavy (non-hydrogen) atoms. The summed E-state index contributed by atoms with van der Waals surface area (Å²) in [5.41, 5.74) is -0.0979. The number of para-hydroxylation sites is 1. The molecule has 1 atom stereocenters. The summed E-state index contributed by atoms with van der Waals surface area (Å²) in [6.07, 6.45) is -4.04. The molecule has 1 N–H and O–H groups in total. The van der Waals surface area contributed by atoms with Crippen LogP contribution in [0.1, 0.15) is 35.3 Å². The van der Waals surface area contributed by atoms with Gasteiger partial charge in [0.2, 0.25) is 6.41 Å². The summed E-state index contributed by atoms with van der Waals surface area (Å²) in [4.78, 5) is 24.1. The van der Waals surface area contributed by atoms with Gasteiger partial charge in [-0.3, -0.25) is 24.5 Å². The first-order valence-electron chi connectivity index (χ1n) is 11.3. The molecule has 200 valence electrons. The number of aliphatic hydroxyl groups excluding tert-OH is 1. The maximum absolute atomic E-state index is 15.0. The summed E-state index contributed by atoms with van der Waals surface area (Å²) in [7, 11) is 2.76. The van der Waals surface area contributed by atoms with Gasteiger partial charge in [-0.15, -0.1) is 0 Å². The van der Waals surface area contributed by atoms with E-state index in [9.17, 15) is 32.3 Å². The standard InChI is InChI=1S/C25H29F4N5O3/c1-6-34(15-37)23(14-36)30-33(5)22-12-19(18(13-35)11-20(22)26)24(17(3)25(27,28)29)31-32(4)21-10-8-7-9-16(21)2/h7-13,15,17,36H,6,14H2,1-5H3/b30-23-,31-24-. The minimum absolute atomic E-state index is 0.114. The van der Waals surface area contributed by atoms with Crippen LogP contribution in [-0.4, -0.2) is 67.7 Å². The van der Waals surface area contributed by atoms with Crippen molar-refractivity contribution in [2.24, 2.45) is 16.1 Å². The van der Waals surface area contributed by atoms with Crippen molar-refractivity contribution in [3.63, 3.8) is 0 Å². The lowest BCUT2D eigenvalue weighted by Gasteiger charge is -2.25. The third-order valence-corrected chi connectivity index (χ3v) is 5.70. The van der Waals surface area contributed by atoms with E-state index in [1.165, 1.54) is 19.1 Å². The average molecular weight is 524 g/mol. The first-order valence-corrected chi connectivity index (χ1v) is 11.3. The highest BCUT2D eigenvalue weighted by Gasteiger charge is 2.41. The van der Waals surface area contributed by atoms with Gasteiger partial charge >= 0.3 is 6.18 Å². The molecule has 0 radical (unpaired) electrons. The third-order valence-electron chi connectivity index (χ3n) is 5.70. The van der Waals surface area contributed by atoms with Gasteiger partial charge in [-0.05, 0) is 44.5 Å². The maximum atomic E-state index is 15.0. The van der Waals surface area contributed by atoms with Crippen molar-refractivity contribution in [3.05, 3.63) is 58.9 Å². The second-order valence-electron chi connectivity index (χ2n) is 8.16. The van der Waals surface area contributed by atoms with Gasteiger partial charge in [-0.1, -0.05) is 18.2 Å². The molecule has 0 spiro atoms. The van der Waals surface area contributed by atoms with Crippen LogP contribution in [0.25, 0.3) is 0 Å². The molecule has 8 nitrogen and oxygen atoms in total. The lowest BCUT2D eigenvalue weighted by Crippen LogP contribution is -2.34. The molecule has 2 aromatic rings. The van der Waals surface area contributed by atoms with Crippen LogP contribution in [0.4, 0.5) is 28.9 Å². The quantitative estimate of drug-likeness (QED) is 0.166. The molecule has 0 bridgehead atoms. The van der Waals surface area contributed by atoms with Crippen LogP contribution >= 0.6 is 0 Å². The van der Waals surface area contributed by atoms with E-state index in [-0.39, 0.29) is 35.5 Å². The molecule has 1 unspecified atom stereocenters. The summed E-state index contributed by atoms with van der Waals surface area (Å²) < 4.78 is 56.7. The number of likely N-dealkylation sites (N-methyl/N-ethyl adjacent to an activating group) is 1. The van der Waals surface area contributed by atoms with Gasteiger partial charge in [0.05, 0.1) is 23.0 Å². The zero-order chi connectivity index (χ0) is 27.9. The van der Waals surface area contributed by atoms with E-state index < -0.39 is 30.2 Å². The van der Waals surface area contributed by atoms with Crippen LogP contribution in [0.3, 0.4) is 0 Å². The number of aliphatic hydroxyl groups is 1. The molecule has 1 amide bonds. The maximum Gasteiger partial charge on any atom is 0.397 e. The Morgan fingerprint density at radius 2 is 1.70 bits per heavy atom. The van der Waals surface area contributed by atoms with Crippen molar-refractivity contribution in [2.45, 2.75) is 26.9 Å². The first kappa shape index (κ1) is 29.4. The minimum Gasteiger partial charge on any atom is -0.388 e. The minimum atomic E-state index is -4.72. The monoisotopic (exact) mass is 523 g/mol. The van der Waals surface area contributed by atoms with Gasteiger partial charge in [0.1, 0.15) is 12.4 Å². The van der Waals surface area contributed by atoms with Crippen LogP contribution in [-0.2, 0) is 4.79 Å². The summed E-state index contributed by atoms with van der Waals surface area (Å²) in [5.74, 6) is -3.18. The highest BCUT2D eigenvalue weighted by Crippen LogP contribution is 2.33. The number of aryl methyl sites for hydroxylation is 1. The molecule has 0 fully saturated rings. The van der Waals surface area contributed by atoms with Crippen LogP contribution in [0.5, 0.6) is 0 Å². The average Bonchev–Trinajstić information content (AvgIpc) is 2.86. The number of amides is 1. The highest BCUT2D eigenvalue weighted by atomic mass is 19.4. The topological polar surface area (TPSA) is 88.8 Å². The Kier molecular flexibility index (Phi) is 9.89. The molecule has 0 aliphatic carbocycles. The Bertz CT molecular complexity index is 1180. The second kappa shape index (κ2) is 12.4. The van der Waals surface area contributed by atoms with Crippen molar-refractivity contribution >= 4 is 35.6 Å². The number of hydrazone groups is 2. The molecule has 0 aliphatic rings. The predicted octanol–water partition coefficient (Wildman–Crippen LogP) is 4.21. The molecule has 0 heterocycles. The predicted molar refractivity (Wildman–Crippen MR) is 134 cm³/mol. The highest BCUT2D eigenvalue weighted by molar-refractivity contribution is 6.08. The van der Waals surface area contributed by atoms with Crippen molar-refractivity contribution in [3.8, 4) is 0 Å². The zero-order valence-electron chi connectivity index (χ0n) is 21.1. The van der Waals surface area contributed by atoms with E-state index in [1.54, 1.807) is 38.1 Å². The molecular weight excluding hydrogens is 494 g/mol. The Balaban J connectivity index is 2.76. The summed E-state index contributed by atoms with van der Waals surface area (Å²) in [6, 6.07) is 8.77. The molecule has 0 saturated heterocycles. The normalized spacial score (nSPS) is 13.2. The van der Waals surface area contributed by atoms with E-state index in [0.717, 1.165) is 34.5 Å². The Labute approximate surface area is 212 Å². The van der Waals surface area contributed by atoms with Crippen LogP contribution in [0.2, 0.25) is 0 Å². The van der Waals surface area contributed by atoms with E-state index in [4.69, 9.17) is 0 Å². The number of aldehydes is 1. The van der Waals surface area contributed by atoms with Gasteiger partial charge in [-0.25, -0.2) is 4.39 Å². The number of alkyl halides is 3. The molecule has 12 heteroatoms. The van der Waals surface area contributed by atoms with Gasteiger partial charge in [0, 0.05) is 31.8 Å². The number of hydrogen-bond donors (Lipinski definition) is 1. The number of anilines is 2. The number of benzene rings is 2. The molecule has 0 aromatic heterocycles. The van der Waals surface area contributed by atoms with E-state index in [0.29, 0.717) is 12.1 Å². The van der Waals surface area contributed by atoms with Crippen LogP contribution in [0.15, 0.2) is 46.6 Å². The van der Waals surface area contributed by atoms with E-state index >= 15 is 0 Å². The number of carbonyl (C=O) groups excluding carboxylic acids is 2. The number of amidine groups is 1. The number of nitrogens with zero attached hydrogens (tertiary/aromatic N) is 5. The first-order chi connectivity index (χ1) is 17.4. The molecule has 2 rings (SSSR count). The number of carbonyl (C=O) groups is 2. The SMILES string of the molecule is CCN(C=O)/C(CO)=N\N(C)c1cc(/C(=N\N(C)c2ccccc2C)C(C)C(F)(F)F)c(C=O)cc1F. The molecular formula is C25H29F4N5O3. The van der Waals surface area contributed by atoms with Crippen molar-refractivity contribution in [1.82, 2.24) is 4.90 Å². The number of rotatable bonds is 10. The third kappa shape index (κ3) is 6.91.